The molecule has 1 aromatic rings. The van der Waals surface area contributed by atoms with E-state index in [-0.39, 0.29) is 11.2 Å². The lowest BCUT2D eigenvalue weighted by atomic mass is 9.81. The van der Waals surface area contributed by atoms with E-state index in [4.69, 9.17) is 11.6 Å². The third-order valence-corrected chi connectivity index (χ3v) is 3.76. The fraction of sp³-hybridized carbons (Fsp3) is 0.462. The second-order valence-electron chi connectivity index (χ2n) is 4.72. The van der Waals surface area contributed by atoms with Crippen LogP contribution in [0.1, 0.15) is 43.0 Å². The lowest BCUT2D eigenvalue weighted by Gasteiger charge is -2.22. The van der Waals surface area contributed by atoms with Gasteiger partial charge in [0.2, 0.25) is 0 Å². The number of carbonyl (C=O) groups is 1. The molecular weight excluding hydrogens is 227 g/mol. The number of benzene rings is 1. The van der Waals surface area contributed by atoms with E-state index in [1.54, 1.807) is 0 Å². The maximum absolute atomic E-state index is 13.1. The first-order valence-corrected chi connectivity index (χ1v) is 5.91. The van der Waals surface area contributed by atoms with Crippen LogP contribution in [0.3, 0.4) is 0 Å². The minimum absolute atomic E-state index is 0.0190. The van der Waals surface area contributed by atoms with Crippen LogP contribution in [0, 0.1) is 11.2 Å². The minimum atomic E-state index is -0.408. The molecule has 0 aliphatic heterocycles. The highest BCUT2D eigenvalue weighted by molar-refractivity contribution is 6.34. The van der Waals surface area contributed by atoms with Crippen molar-refractivity contribution in [3.8, 4) is 0 Å². The van der Waals surface area contributed by atoms with Gasteiger partial charge in [0.05, 0.1) is 5.02 Å². The minimum Gasteiger partial charge on any atom is -0.294 e. The van der Waals surface area contributed by atoms with E-state index in [1.807, 2.05) is 6.92 Å². The van der Waals surface area contributed by atoms with Gasteiger partial charge in [0.25, 0.3) is 0 Å². The molecule has 1 saturated carbocycles. The van der Waals surface area contributed by atoms with Gasteiger partial charge in [-0.1, -0.05) is 31.4 Å². The maximum Gasteiger partial charge on any atom is 0.170 e. The number of ketones is 1. The van der Waals surface area contributed by atoms with Gasteiger partial charge in [-0.15, -0.1) is 0 Å². The summed E-state index contributed by atoms with van der Waals surface area (Å²) in [5, 5.41) is 0.347. The Hall–Kier alpha value is -0.890. The first-order chi connectivity index (χ1) is 7.53. The van der Waals surface area contributed by atoms with Gasteiger partial charge in [-0.25, -0.2) is 4.39 Å². The van der Waals surface area contributed by atoms with Crippen molar-refractivity contribution < 1.29 is 9.18 Å². The van der Waals surface area contributed by atoms with Crippen LogP contribution in [0.15, 0.2) is 18.2 Å². The van der Waals surface area contributed by atoms with Gasteiger partial charge in [-0.2, -0.15) is 0 Å². The summed E-state index contributed by atoms with van der Waals surface area (Å²) in [6, 6.07) is 3.97. The molecular formula is C13H14ClFO. The molecule has 0 unspecified atom stereocenters. The van der Waals surface area contributed by atoms with Crippen molar-refractivity contribution in [2.24, 2.45) is 5.41 Å². The summed E-state index contributed by atoms with van der Waals surface area (Å²) in [7, 11) is 0. The molecule has 0 saturated heterocycles. The van der Waals surface area contributed by atoms with Crippen molar-refractivity contribution in [1.82, 2.24) is 0 Å². The van der Waals surface area contributed by atoms with Crippen LogP contribution in [0.4, 0.5) is 4.39 Å². The Balaban J connectivity index is 2.36. The van der Waals surface area contributed by atoms with Crippen molar-refractivity contribution in [3.05, 3.63) is 34.6 Å². The molecule has 0 atom stereocenters. The molecule has 1 aliphatic carbocycles. The van der Waals surface area contributed by atoms with Crippen LogP contribution in [0.2, 0.25) is 5.02 Å². The third-order valence-electron chi connectivity index (χ3n) is 3.43. The topological polar surface area (TPSA) is 17.1 Å². The standard InChI is InChI=1S/C13H14ClFO/c1-13(6-2-3-7-13)12(16)10-8-9(15)4-5-11(10)14/h4-5,8H,2-3,6-7H2,1H3. The van der Waals surface area contributed by atoms with Gasteiger partial charge in [-0.3, -0.25) is 4.79 Å². The number of halogens is 2. The average molecular weight is 241 g/mol. The van der Waals surface area contributed by atoms with Crippen molar-refractivity contribution in [1.29, 1.82) is 0 Å². The SMILES string of the molecule is CC1(C(=O)c2cc(F)ccc2Cl)CCCC1. The van der Waals surface area contributed by atoms with Crippen LogP contribution in [0.5, 0.6) is 0 Å². The van der Waals surface area contributed by atoms with E-state index in [2.05, 4.69) is 0 Å². The second kappa shape index (κ2) is 4.17. The summed E-state index contributed by atoms with van der Waals surface area (Å²) in [5.41, 5.74) is -0.0247. The molecule has 0 aromatic heterocycles. The summed E-state index contributed by atoms with van der Waals surface area (Å²) in [6.07, 6.45) is 3.88. The van der Waals surface area contributed by atoms with Gasteiger partial charge < -0.3 is 0 Å². The van der Waals surface area contributed by atoms with Crippen molar-refractivity contribution in [2.75, 3.05) is 0 Å². The van der Waals surface area contributed by atoms with E-state index in [1.165, 1.54) is 18.2 Å². The highest BCUT2D eigenvalue weighted by atomic mass is 35.5. The summed E-state index contributed by atoms with van der Waals surface area (Å²) in [5.74, 6) is -0.427. The molecule has 0 heterocycles. The Kier molecular flexibility index (Phi) is 3.02. The second-order valence-corrected chi connectivity index (χ2v) is 5.13. The molecule has 1 nitrogen and oxygen atoms in total. The van der Waals surface area contributed by atoms with Crippen LogP contribution in [0.25, 0.3) is 0 Å². The quantitative estimate of drug-likeness (QED) is 0.707. The smallest absolute Gasteiger partial charge is 0.170 e. The monoisotopic (exact) mass is 240 g/mol. The first kappa shape index (κ1) is 11.6. The molecule has 0 spiro atoms. The Bertz CT molecular complexity index is 422. The number of hydrogen-bond donors (Lipinski definition) is 0. The van der Waals surface area contributed by atoms with Crippen LogP contribution >= 0.6 is 11.6 Å². The summed E-state index contributed by atoms with van der Waals surface area (Å²) in [6.45, 7) is 1.95. The fourth-order valence-corrected chi connectivity index (χ4v) is 2.58. The Morgan fingerprint density at radius 2 is 2.00 bits per heavy atom. The van der Waals surface area contributed by atoms with E-state index < -0.39 is 5.82 Å². The zero-order chi connectivity index (χ0) is 11.8. The number of hydrogen-bond acceptors (Lipinski definition) is 1. The maximum atomic E-state index is 13.1. The lowest BCUT2D eigenvalue weighted by molar-refractivity contribution is 0.0823. The van der Waals surface area contributed by atoms with Crippen LogP contribution in [-0.2, 0) is 0 Å². The van der Waals surface area contributed by atoms with E-state index in [9.17, 15) is 9.18 Å². The molecule has 0 amide bonds. The molecule has 0 bridgehead atoms. The van der Waals surface area contributed by atoms with Crippen molar-refractivity contribution in [2.45, 2.75) is 32.6 Å². The first-order valence-electron chi connectivity index (χ1n) is 5.53. The van der Waals surface area contributed by atoms with Crippen molar-refractivity contribution in [3.63, 3.8) is 0 Å². The number of carbonyl (C=O) groups excluding carboxylic acids is 1. The van der Waals surface area contributed by atoms with Crippen LogP contribution in [-0.4, -0.2) is 5.78 Å². The van der Waals surface area contributed by atoms with E-state index in [0.29, 0.717) is 10.6 Å². The predicted octanol–water partition coefficient (Wildman–Crippen LogP) is 4.24. The van der Waals surface area contributed by atoms with Gasteiger partial charge in [0.1, 0.15) is 5.82 Å². The molecule has 1 aromatic carbocycles. The van der Waals surface area contributed by atoms with Crippen molar-refractivity contribution >= 4 is 17.4 Å². The summed E-state index contributed by atoms with van der Waals surface area (Å²) < 4.78 is 13.1. The number of Topliss-reactive ketones (excluding diaryl/α,β-unsaturated/α-hetero) is 1. The zero-order valence-electron chi connectivity index (χ0n) is 9.22. The molecule has 16 heavy (non-hydrogen) atoms. The fourth-order valence-electron chi connectivity index (χ4n) is 2.38. The molecule has 0 radical (unpaired) electrons. The van der Waals surface area contributed by atoms with Gasteiger partial charge in [0.15, 0.2) is 5.78 Å². The molecule has 3 heteroatoms. The van der Waals surface area contributed by atoms with E-state index in [0.717, 1.165) is 25.7 Å². The lowest BCUT2D eigenvalue weighted by Crippen LogP contribution is -2.24. The predicted molar refractivity (Wildman–Crippen MR) is 62.3 cm³/mol. The van der Waals surface area contributed by atoms with E-state index >= 15 is 0 Å². The van der Waals surface area contributed by atoms with Gasteiger partial charge >= 0.3 is 0 Å². The van der Waals surface area contributed by atoms with Crippen LogP contribution < -0.4 is 0 Å². The molecule has 1 fully saturated rings. The normalized spacial score (nSPS) is 18.7. The summed E-state index contributed by atoms with van der Waals surface area (Å²) >= 11 is 5.94. The molecule has 2 rings (SSSR count). The molecule has 1 aliphatic rings. The Morgan fingerprint density at radius 1 is 1.38 bits per heavy atom. The number of rotatable bonds is 2. The Morgan fingerprint density at radius 3 is 2.62 bits per heavy atom. The average Bonchev–Trinajstić information content (AvgIpc) is 2.69. The largest absolute Gasteiger partial charge is 0.294 e. The molecule has 0 N–H and O–H groups in total. The third kappa shape index (κ3) is 1.99. The van der Waals surface area contributed by atoms with Gasteiger partial charge in [0, 0.05) is 11.0 Å². The highest BCUT2D eigenvalue weighted by Gasteiger charge is 2.37. The summed E-state index contributed by atoms with van der Waals surface area (Å²) in [4.78, 5) is 12.3. The van der Waals surface area contributed by atoms with Gasteiger partial charge in [-0.05, 0) is 31.0 Å². The Labute approximate surface area is 99.6 Å². The highest BCUT2D eigenvalue weighted by Crippen LogP contribution is 2.41. The molecule has 86 valence electrons. The zero-order valence-corrected chi connectivity index (χ0v) is 9.98.